The lowest BCUT2D eigenvalue weighted by atomic mass is 9.98. The second-order valence-electron chi connectivity index (χ2n) is 7.96. The molecule has 2 aliphatic heterocycles. The van der Waals surface area contributed by atoms with Gasteiger partial charge in [-0.25, -0.2) is 8.78 Å². The number of aryl methyl sites for hydroxylation is 1. The summed E-state index contributed by atoms with van der Waals surface area (Å²) in [5, 5.41) is 5.50. The average molecular weight is 412 g/mol. The predicted octanol–water partition coefficient (Wildman–Crippen LogP) is 5.42. The minimum absolute atomic E-state index is 0.0334. The molecule has 2 aromatic carbocycles. The molecule has 6 heteroatoms. The minimum Gasteiger partial charge on any atom is -0.293 e. The molecule has 3 heterocycles. The number of alkyl halides is 2. The van der Waals surface area contributed by atoms with Crippen LogP contribution in [0.15, 0.2) is 48.7 Å². The van der Waals surface area contributed by atoms with Crippen LogP contribution in [0.2, 0.25) is 0 Å². The van der Waals surface area contributed by atoms with E-state index in [1.54, 1.807) is 0 Å². The summed E-state index contributed by atoms with van der Waals surface area (Å²) in [6.45, 7) is 0.910. The molecule has 2 aliphatic rings. The summed E-state index contributed by atoms with van der Waals surface area (Å²) in [5.74, 6) is -1.48. The Labute approximate surface area is 173 Å². The van der Waals surface area contributed by atoms with Gasteiger partial charge in [-0.05, 0) is 40.8 Å². The van der Waals surface area contributed by atoms with Crippen LogP contribution in [0, 0.1) is 0 Å². The Morgan fingerprint density at radius 1 is 1.14 bits per heavy atom. The average Bonchev–Trinajstić information content (AvgIpc) is 3.41. The van der Waals surface area contributed by atoms with E-state index in [0.717, 1.165) is 28.6 Å². The highest BCUT2D eigenvalue weighted by Gasteiger charge is 2.37. The fourth-order valence-electron chi connectivity index (χ4n) is 4.33. The number of likely N-dealkylation sites (tertiary alicyclic amines) is 1. The quantitative estimate of drug-likeness (QED) is 0.572. The zero-order valence-corrected chi connectivity index (χ0v) is 17.2. The molecular weight excluding hydrogens is 388 g/mol. The van der Waals surface area contributed by atoms with Crippen molar-refractivity contribution < 1.29 is 8.78 Å². The van der Waals surface area contributed by atoms with E-state index < -0.39 is 5.92 Å². The lowest BCUT2D eigenvalue weighted by molar-refractivity contribution is 0.0115. The van der Waals surface area contributed by atoms with E-state index >= 15 is 0 Å². The van der Waals surface area contributed by atoms with Crippen molar-refractivity contribution in [3.8, 4) is 0 Å². The lowest BCUT2D eigenvalue weighted by Gasteiger charge is -2.16. The van der Waals surface area contributed by atoms with Crippen molar-refractivity contribution in [1.82, 2.24) is 14.7 Å². The van der Waals surface area contributed by atoms with E-state index in [-0.39, 0.29) is 13.0 Å². The maximum absolute atomic E-state index is 13.5. The molecule has 0 amide bonds. The van der Waals surface area contributed by atoms with Gasteiger partial charge < -0.3 is 0 Å². The van der Waals surface area contributed by atoms with E-state index in [9.17, 15) is 8.78 Å². The summed E-state index contributed by atoms with van der Waals surface area (Å²) in [5.41, 5.74) is 6.03. The Morgan fingerprint density at radius 3 is 2.86 bits per heavy atom. The van der Waals surface area contributed by atoms with Gasteiger partial charge in [0.25, 0.3) is 5.92 Å². The van der Waals surface area contributed by atoms with Crippen LogP contribution in [0.1, 0.15) is 29.5 Å². The zero-order chi connectivity index (χ0) is 20.0. The molecule has 0 bridgehead atoms. The maximum Gasteiger partial charge on any atom is 0.261 e. The van der Waals surface area contributed by atoms with Gasteiger partial charge in [0.1, 0.15) is 0 Å². The van der Waals surface area contributed by atoms with Crippen molar-refractivity contribution >= 4 is 33.1 Å². The maximum atomic E-state index is 13.5. The van der Waals surface area contributed by atoms with Crippen molar-refractivity contribution in [3.05, 3.63) is 65.4 Å². The number of thioether (sulfide) groups is 1. The van der Waals surface area contributed by atoms with Crippen molar-refractivity contribution in [3.63, 3.8) is 0 Å². The third-order valence-corrected chi connectivity index (χ3v) is 6.99. The van der Waals surface area contributed by atoms with Crippen molar-refractivity contribution in [1.29, 1.82) is 0 Å². The highest BCUT2D eigenvalue weighted by atomic mass is 32.2. The van der Waals surface area contributed by atoms with Crippen molar-refractivity contribution in [2.24, 2.45) is 7.05 Å². The van der Waals surface area contributed by atoms with E-state index in [1.165, 1.54) is 21.6 Å². The van der Waals surface area contributed by atoms with E-state index in [0.29, 0.717) is 13.1 Å². The molecule has 29 heavy (non-hydrogen) atoms. The predicted molar refractivity (Wildman–Crippen MR) is 116 cm³/mol. The van der Waals surface area contributed by atoms with Crippen LogP contribution in [0.3, 0.4) is 0 Å². The second-order valence-corrected chi connectivity index (χ2v) is 9.07. The topological polar surface area (TPSA) is 21.1 Å². The SMILES string of the molecule is Cn1ncc2ccc(C3=C(c4cccc(CN5CCC(F)(F)C5)c4)SCC3)cc21. The Morgan fingerprint density at radius 2 is 2.03 bits per heavy atom. The Hall–Kier alpha value is -2.18. The number of nitrogens with zero attached hydrogens (tertiary/aromatic N) is 3. The Balaban J connectivity index is 1.46. The number of allylic oxidation sites excluding steroid dienone is 1. The lowest BCUT2D eigenvalue weighted by Crippen LogP contribution is -2.24. The van der Waals surface area contributed by atoms with Crippen molar-refractivity contribution in [2.75, 3.05) is 18.8 Å². The molecule has 3 nitrogen and oxygen atoms in total. The largest absolute Gasteiger partial charge is 0.293 e. The number of aromatic nitrogens is 2. The smallest absolute Gasteiger partial charge is 0.261 e. The summed E-state index contributed by atoms with van der Waals surface area (Å²) in [6, 6.07) is 14.9. The van der Waals surface area contributed by atoms with Crippen LogP contribution >= 0.6 is 11.8 Å². The standard InChI is InChI=1S/C23H23F2N3S/c1-27-21-12-17(5-6-19(21)13-26-27)20-7-10-29-22(20)18-4-2-3-16(11-18)14-28-9-8-23(24,25)15-28/h2-6,11-13H,7-10,14-15H2,1H3. The van der Waals surface area contributed by atoms with Crippen LogP contribution in [-0.4, -0.2) is 39.4 Å². The number of hydrogen-bond donors (Lipinski definition) is 0. The third-order valence-electron chi connectivity index (χ3n) is 5.81. The first-order valence-electron chi connectivity index (χ1n) is 9.96. The molecule has 0 N–H and O–H groups in total. The first kappa shape index (κ1) is 18.8. The summed E-state index contributed by atoms with van der Waals surface area (Å²) >= 11 is 1.88. The summed E-state index contributed by atoms with van der Waals surface area (Å²) in [7, 11) is 1.97. The fourth-order valence-corrected chi connectivity index (χ4v) is 5.53. The van der Waals surface area contributed by atoms with Gasteiger partial charge in [-0.2, -0.15) is 5.10 Å². The summed E-state index contributed by atoms with van der Waals surface area (Å²) < 4.78 is 28.9. The number of hydrogen-bond acceptors (Lipinski definition) is 3. The molecular formula is C23H23F2N3S. The minimum atomic E-state index is -2.54. The summed E-state index contributed by atoms with van der Waals surface area (Å²) in [6.07, 6.45) is 2.89. The number of benzene rings is 2. The first-order chi connectivity index (χ1) is 14.0. The molecule has 0 radical (unpaired) electrons. The van der Waals surface area contributed by atoms with E-state index in [2.05, 4.69) is 35.4 Å². The molecule has 0 spiro atoms. The van der Waals surface area contributed by atoms with Gasteiger partial charge in [-0.15, -0.1) is 11.8 Å². The summed E-state index contributed by atoms with van der Waals surface area (Å²) in [4.78, 5) is 3.16. The fraction of sp³-hybridized carbons (Fsp3) is 0.348. The van der Waals surface area contributed by atoms with Crippen LogP contribution in [0.4, 0.5) is 8.78 Å². The van der Waals surface area contributed by atoms with Gasteiger partial charge in [0.05, 0.1) is 18.3 Å². The zero-order valence-electron chi connectivity index (χ0n) is 16.4. The Bertz CT molecular complexity index is 1100. The monoisotopic (exact) mass is 411 g/mol. The van der Waals surface area contributed by atoms with Crippen molar-refractivity contribution in [2.45, 2.75) is 25.3 Å². The molecule has 0 saturated carbocycles. The molecule has 150 valence electrons. The third kappa shape index (κ3) is 3.71. The van der Waals surface area contributed by atoms with Gasteiger partial charge in [0, 0.05) is 42.6 Å². The molecule has 0 aliphatic carbocycles. The normalized spacial score (nSPS) is 19.6. The highest BCUT2D eigenvalue weighted by molar-refractivity contribution is 8.08. The molecule has 5 rings (SSSR count). The van der Waals surface area contributed by atoms with Gasteiger partial charge >= 0.3 is 0 Å². The van der Waals surface area contributed by atoms with Crippen LogP contribution in [-0.2, 0) is 13.6 Å². The molecule has 0 atom stereocenters. The molecule has 3 aromatic rings. The van der Waals surface area contributed by atoms with Crippen LogP contribution in [0.5, 0.6) is 0 Å². The Kier molecular flexibility index (Phi) is 4.71. The second kappa shape index (κ2) is 7.26. The van der Waals surface area contributed by atoms with Gasteiger partial charge in [0.15, 0.2) is 0 Å². The first-order valence-corrected chi connectivity index (χ1v) is 10.9. The van der Waals surface area contributed by atoms with Gasteiger partial charge in [-0.1, -0.05) is 30.3 Å². The molecule has 1 fully saturated rings. The molecule has 0 unspecified atom stereocenters. The number of halogens is 2. The highest BCUT2D eigenvalue weighted by Crippen LogP contribution is 2.44. The number of rotatable bonds is 4. The van der Waals surface area contributed by atoms with Crippen LogP contribution < -0.4 is 0 Å². The molecule has 1 saturated heterocycles. The van der Waals surface area contributed by atoms with Crippen LogP contribution in [0.25, 0.3) is 21.4 Å². The number of fused-ring (bicyclic) bond motifs is 1. The van der Waals surface area contributed by atoms with E-state index in [4.69, 9.17) is 0 Å². The molecule has 1 aromatic heterocycles. The van der Waals surface area contributed by atoms with Gasteiger partial charge in [-0.3, -0.25) is 9.58 Å². The van der Waals surface area contributed by atoms with Gasteiger partial charge in [0.2, 0.25) is 0 Å². The van der Waals surface area contributed by atoms with E-state index in [1.807, 2.05) is 46.7 Å².